The highest BCUT2D eigenvalue weighted by atomic mass is 35.5. The number of halogens is 2. The number of nitrogens with zero attached hydrogens (tertiary/aromatic N) is 2. The maximum atomic E-state index is 14.6. The minimum atomic E-state index is -0.817. The van der Waals surface area contributed by atoms with Crippen molar-refractivity contribution < 1.29 is 18.7 Å². The predicted molar refractivity (Wildman–Crippen MR) is 111 cm³/mol. The molecule has 2 aromatic carbocycles. The maximum absolute atomic E-state index is 14.6. The van der Waals surface area contributed by atoms with Crippen LogP contribution >= 0.6 is 11.6 Å². The van der Waals surface area contributed by atoms with Gasteiger partial charge in [-0.25, -0.2) is 9.18 Å². The average molecular weight is 427 g/mol. The summed E-state index contributed by atoms with van der Waals surface area (Å²) in [6.45, 7) is 0.0586. The molecule has 0 N–H and O–H groups in total. The van der Waals surface area contributed by atoms with Gasteiger partial charge in [0.15, 0.2) is 5.56 Å². The van der Waals surface area contributed by atoms with E-state index in [0.717, 1.165) is 0 Å². The van der Waals surface area contributed by atoms with Gasteiger partial charge in [-0.3, -0.25) is 14.4 Å². The van der Waals surface area contributed by atoms with E-state index in [1.165, 1.54) is 24.9 Å². The zero-order valence-corrected chi connectivity index (χ0v) is 16.9. The van der Waals surface area contributed by atoms with Crippen LogP contribution in [0, 0.1) is 5.82 Å². The maximum Gasteiger partial charge on any atom is 0.347 e. The fourth-order valence-corrected chi connectivity index (χ4v) is 3.66. The number of benzene rings is 2. The van der Waals surface area contributed by atoms with E-state index in [-0.39, 0.29) is 23.4 Å². The van der Waals surface area contributed by atoms with Crippen molar-refractivity contribution in [2.75, 3.05) is 14.2 Å². The van der Waals surface area contributed by atoms with Gasteiger partial charge in [-0.2, -0.15) is 0 Å². The van der Waals surface area contributed by atoms with E-state index < -0.39 is 17.3 Å². The molecule has 1 aliphatic heterocycles. The summed E-state index contributed by atoms with van der Waals surface area (Å²) in [4.78, 5) is 30.2. The molecule has 4 rings (SSSR count). The van der Waals surface area contributed by atoms with Crippen molar-refractivity contribution in [3.05, 3.63) is 92.1 Å². The van der Waals surface area contributed by atoms with Crippen LogP contribution in [-0.4, -0.2) is 30.5 Å². The Balaban J connectivity index is 2.07. The van der Waals surface area contributed by atoms with Gasteiger partial charge in [0.1, 0.15) is 11.6 Å². The molecule has 0 bridgehead atoms. The highest BCUT2D eigenvalue weighted by Gasteiger charge is 2.27. The molecule has 0 aliphatic carbocycles. The number of esters is 1. The van der Waals surface area contributed by atoms with E-state index >= 15 is 0 Å². The molecule has 3 aromatic rings. The second kappa shape index (κ2) is 7.76. The molecule has 0 spiro atoms. The van der Waals surface area contributed by atoms with Crippen LogP contribution in [0.15, 0.2) is 58.3 Å². The van der Waals surface area contributed by atoms with Crippen molar-refractivity contribution in [3.63, 3.8) is 0 Å². The van der Waals surface area contributed by atoms with Crippen LogP contribution in [0.25, 0.3) is 5.69 Å². The molecule has 6 nitrogen and oxygen atoms in total. The summed E-state index contributed by atoms with van der Waals surface area (Å²) in [6, 6.07) is 12.7. The lowest BCUT2D eigenvalue weighted by Crippen LogP contribution is -2.29. The van der Waals surface area contributed by atoms with Crippen molar-refractivity contribution >= 4 is 23.3 Å². The predicted octanol–water partition coefficient (Wildman–Crippen LogP) is 3.78. The first-order valence-electron chi connectivity index (χ1n) is 8.97. The summed E-state index contributed by atoms with van der Waals surface area (Å²) in [5.41, 5.74) is 1.14. The van der Waals surface area contributed by atoms with E-state index in [2.05, 4.69) is 4.99 Å². The normalized spacial score (nSPS) is 12.3. The molecule has 8 heteroatoms. The Hall–Kier alpha value is -3.45. The van der Waals surface area contributed by atoms with Crippen molar-refractivity contribution in [2.45, 2.75) is 6.54 Å². The van der Waals surface area contributed by atoms with E-state index in [9.17, 15) is 14.0 Å². The molecular formula is C22H16ClFN2O4. The number of pyridine rings is 1. The molecule has 0 amide bonds. The Labute approximate surface area is 176 Å². The zero-order chi connectivity index (χ0) is 21.4. The van der Waals surface area contributed by atoms with Gasteiger partial charge in [-0.05, 0) is 30.3 Å². The van der Waals surface area contributed by atoms with Gasteiger partial charge in [0.25, 0.3) is 5.56 Å². The third kappa shape index (κ3) is 3.17. The first-order chi connectivity index (χ1) is 14.5. The van der Waals surface area contributed by atoms with Gasteiger partial charge in [-0.15, -0.1) is 0 Å². The topological polar surface area (TPSA) is 69.9 Å². The molecular weight excluding hydrogens is 411 g/mol. The Morgan fingerprint density at radius 1 is 1.13 bits per heavy atom. The summed E-state index contributed by atoms with van der Waals surface area (Å²) < 4.78 is 26.0. The SMILES string of the molecule is COC(=O)c1c(OC)cc2n(c1=O)-c1ccc(Cl)cc1C(c1ccccc1F)=NC2. The third-order valence-corrected chi connectivity index (χ3v) is 5.08. The zero-order valence-electron chi connectivity index (χ0n) is 16.1. The number of hydrogen-bond acceptors (Lipinski definition) is 5. The molecule has 0 unspecified atom stereocenters. The minimum absolute atomic E-state index is 0.0586. The molecule has 0 atom stereocenters. The van der Waals surface area contributed by atoms with Gasteiger partial charge < -0.3 is 9.47 Å². The summed E-state index contributed by atoms with van der Waals surface area (Å²) in [6.07, 6.45) is 0. The Bertz CT molecular complexity index is 1270. The molecule has 0 radical (unpaired) electrons. The third-order valence-electron chi connectivity index (χ3n) is 4.84. The van der Waals surface area contributed by atoms with Gasteiger partial charge in [0, 0.05) is 22.2 Å². The minimum Gasteiger partial charge on any atom is -0.496 e. The first kappa shape index (κ1) is 19.8. The van der Waals surface area contributed by atoms with Crippen LogP contribution in [0.1, 0.15) is 27.2 Å². The van der Waals surface area contributed by atoms with Crippen LogP contribution in [-0.2, 0) is 11.3 Å². The summed E-state index contributed by atoms with van der Waals surface area (Å²) in [5, 5.41) is 0.399. The van der Waals surface area contributed by atoms with Gasteiger partial charge in [0.05, 0.1) is 37.9 Å². The monoisotopic (exact) mass is 426 g/mol. The van der Waals surface area contributed by atoms with E-state index in [1.54, 1.807) is 42.5 Å². The Morgan fingerprint density at radius 2 is 1.90 bits per heavy atom. The first-order valence-corrected chi connectivity index (χ1v) is 9.35. The lowest BCUT2D eigenvalue weighted by atomic mass is 10.00. The molecule has 2 heterocycles. The average Bonchev–Trinajstić information content (AvgIpc) is 2.90. The van der Waals surface area contributed by atoms with Crippen molar-refractivity contribution in [3.8, 4) is 11.4 Å². The number of carbonyl (C=O) groups is 1. The van der Waals surface area contributed by atoms with Gasteiger partial charge >= 0.3 is 5.97 Å². The van der Waals surface area contributed by atoms with E-state index in [1.807, 2.05) is 0 Å². The second-order valence-electron chi connectivity index (χ2n) is 6.52. The van der Waals surface area contributed by atoms with Crippen LogP contribution in [0.5, 0.6) is 5.75 Å². The van der Waals surface area contributed by atoms with E-state index in [4.69, 9.17) is 21.1 Å². The lowest BCUT2D eigenvalue weighted by molar-refractivity contribution is 0.0594. The molecule has 1 aromatic heterocycles. The standard InChI is InChI=1S/C22H16ClFN2O4/c1-29-18-10-13-11-25-20(14-5-3-4-6-16(14)24)15-9-12(23)7-8-17(15)26(13)21(27)19(18)22(28)30-2/h3-10H,11H2,1-2H3. The molecule has 0 saturated heterocycles. The summed E-state index contributed by atoms with van der Waals surface area (Å²) in [5.74, 6) is -1.19. The number of rotatable bonds is 3. The van der Waals surface area contributed by atoms with Crippen molar-refractivity contribution in [1.29, 1.82) is 0 Å². The fraction of sp³-hybridized carbons (Fsp3) is 0.136. The van der Waals surface area contributed by atoms with Crippen LogP contribution < -0.4 is 10.3 Å². The molecule has 0 saturated carbocycles. The molecule has 0 fully saturated rings. The highest BCUT2D eigenvalue weighted by molar-refractivity contribution is 6.31. The highest BCUT2D eigenvalue weighted by Crippen LogP contribution is 2.29. The van der Waals surface area contributed by atoms with Gasteiger partial charge in [-0.1, -0.05) is 23.7 Å². The Morgan fingerprint density at radius 3 is 2.60 bits per heavy atom. The number of aromatic nitrogens is 1. The number of ether oxygens (including phenoxy) is 2. The van der Waals surface area contributed by atoms with Crippen LogP contribution in [0.2, 0.25) is 5.02 Å². The quantitative estimate of drug-likeness (QED) is 0.598. The number of carbonyl (C=O) groups excluding carboxylic acids is 1. The number of methoxy groups -OCH3 is 2. The number of aliphatic imine (C=N–C) groups is 1. The Kier molecular flexibility index (Phi) is 5.13. The number of fused-ring (bicyclic) bond motifs is 3. The van der Waals surface area contributed by atoms with Crippen LogP contribution in [0.4, 0.5) is 4.39 Å². The largest absolute Gasteiger partial charge is 0.496 e. The molecule has 30 heavy (non-hydrogen) atoms. The number of hydrogen-bond donors (Lipinski definition) is 0. The molecule has 152 valence electrons. The van der Waals surface area contributed by atoms with Gasteiger partial charge in [0.2, 0.25) is 0 Å². The second-order valence-corrected chi connectivity index (χ2v) is 6.95. The van der Waals surface area contributed by atoms with Crippen LogP contribution in [0.3, 0.4) is 0 Å². The lowest BCUT2D eigenvalue weighted by Gasteiger charge is -2.16. The molecule has 1 aliphatic rings. The smallest absolute Gasteiger partial charge is 0.347 e. The summed E-state index contributed by atoms with van der Waals surface area (Å²) >= 11 is 6.21. The van der Waals surface area contributed by atoms with E-state index in [0.29, 0.717) is 27.7 Å². The van der Waals surface area contributed by atoms with Crippen molar-refractivity contribution in [1.82, 2.24) is 4.57 Å². The fourth-order valence-electron chi connectivity index (χ4n) is 3.49. The summed E-state index contributed by atoms with van der Waals surface area (Å²) in [7, 11) is 2.54. The van der Waals surface area contributed by atoms with Crippen molar-refractivity contribution in [2.24, 2.45) is 4.99 Å².